The van der Waals surface area contributed by atoms with E-state index < -0.39 is 17.4 Å². The standard InChI is InChI=1S/C37H42FN10O3.C14H12NO3.CH2O.Y/c1-25(49)41-14-16-45-17-19-46(20-18-45)37(2,3)22-31(40-4)36(50)47-15-8-9-26(47)23-48-35-32(34(39)42-24-43-35)33(44-48)29-13-12-28(21-30(29)38)51-27-10-6-5-7-11-27;16-10-5-6-12(13(17)7-10)15-8-9-3-1-2-4-11(9)14(15)18;1-2;/h5-7,10-13,21-22,24,26H,1,8-9,14-20,23H2,2-3H3,(H,41,49)(H2,39,42,43);1-2,4,12H,5-8H2;1H2;/q2*-1;;/b31-22-;;;/t26-;;;/m1.../s1. The first-order valence-electron chi connectivity index (χ1n) is 23.3. The molecule has 3 fully saturated rings. The number of amides is 3. The van der Waals surface area contributed by atoms with Gasteiger partial charge in [0.05, 0.1) is 42.9 Å². The number of hydrogen-bond donors (Lipinski definition) is 2. The van der Waals surface area contributed by atoms with Crippen molar-refractivity contribution >= 4 is 52.9 Å². The summed E-state index contributed by atoms with van der Waals surface area (Å²) in [6, 6.07) is 21.3. The molecule has 1 unspecified atom stereocenters. The van der Waals surface area contributed by atoms with E-state index in [9.17, 15) is 24.0 Å². The Bertz CT molecular complexity index is 2860. The van der Waals surface area contributed by atoms with E-state index in [0.29, 0.717) is 72.7 Å². The monoisotopic (exact) mass is 1050 g/mol. The van der Waals surface area contributed by atoms with Gasteiger partial charge < -0.3 is 42.1 Å². The van der Waals surface area contributed by atoms with Gasteiger partial charge in [-0.1, -0.05) is 29.8 Å². The molecule has 3 amide bonds. The summed E-state index contributed by atoms with van der Waals surface area (Å²) in [5.41, 5.74) is 8.25. The molecular formula is C52H56FN11O7Y-2. The molecule has 0 bridgehead atoms. The molecule has 373 valence electrons. The molecule has 5 aromatic rings. The summed E-state index contributed by atoms with van der Waals surface area (Å²) in [5, 5.41) is 7.92. The van der Waals surface area contributed by atoms with Gasteiger partial charge in [-0.2, -0.15) is 29.4 Å². The van der Waals surface area contributed by atoms with Crippen LogP contribution in [0.2, 0.25) is 0 Å². The second-order valence-corrected chi connectivity index (χ2v) is 18.0. The molecule has 1 aliphatic carbocycles. The average molecular weight is 1050 g/mol. The molecule has 18 nitrogen and oxygen atoms in total. The number of nitrogens with two attached hydrogens (primary N) is 1. The van der Waals surface area contributed by atoms with E-state index in [1.807, 2.05) is 38.8 Å². The van der Waals surface area contributed by atoms with Crippen LogP contribution in [0.5, 0.6) is 11.5 Å². The van der Waals surface area contributed by atoms with Crippen molar-refractivity contribution in [2.24, 2.45) is 0 Å². The van der Waals surface area contributed by atoms with Gasteiger partial charge in [-0.3, -0.25) is 29.0 Å². The zero-order valence-electron chi connectivity index (χ0n) is 40.4. The quantitative estimate of drug-likeness (QED) is 0.0949. The molecule has 4 aliphatic rings. The summed E-state index contributed by atoms with van der Waals surface area (Å²) in [7, 11) is 0. The molecule has 5 heterocycles. The van der Waals surface area contributed by atoms with Crippen LogP contribution in [0.3, 0.4) is 0 Å². The van der Waals surface area contributed by atoms with Gasteiger partial charge in [0.2, 0.25) is 5.70 Å². The van der Waals surface area contributed by atoms with Gasteiger partial charge in [-0.05, 0) is 57.4 Å². The average Bonchev–Trinajstić information content (AvgIpc) is 4.08. The Morgan fingerprint density at radius 3 is 2.44 bits per heavy atom. The van der Waals surface area contributed by atoms with E-state index in [4.69, 9.17) is 26.9 Å². The van der Waals surface area contributed by atoms with Crippen molar-refractivity contribution in [2.75, 3.05) is 51.5 Å². The van der Waals surface area contributed by atoms with Crippen molar-refractivity contribution < 1.29 is 70.6 Å². The van der Waals surface area contributed by atoms with Crippen molar-refractivity contribution in [3.63, 3.8) is 0 Å². The maximum atomic E-state index is 15.7. The van der Waals surface area contributed by atoms with Gasteiger partial charge in [0.25, 0.3) is 5.91 Å². The van der Waals surface area contributed by atoms with Crippen molar-refractivity contribution in [3.05, 3.63) is 126 Å². The molecule has 2 atom stereocenters. The fourth-order valence-corrected chi connectivity index (χ4v) is 9.47. The van der Waals surface area contributed by atoms with Crippen LogP contribution in [0.25, 0.3) is 27.1 Å². The molecule has 20 heteroatoms. The molecule has 9 rings (SSSR count). The number of ketones is 2. The van der Waals surface area contributed by atoms with Crippen molar-refractivity contribution in [3.8, 4) is 22.8 Å². The smallest absolute Gasteiger partial charge is 0.252 e. The first-order chi connectivity index (χ1) is 34.2. The van der Waals surface area contributed by atoms with Gasteiger partial charge in [0, 0.05) is 109 Å². The number of nitrogens with one attached hydrogen (secondary N) is 1. The zero-order valence-corrected chi connectivity index (χ0v) is 43.2. The van der Waals surface area contributed by atoms with E-state index in [1.54, 1.807) is 63.0 Å². The van der Waals surface area contributed by atoms with Gasteiger partial charge in [-0.15, -0.1) is 5.56 Å². The Kier molecular flexibility index (Phi) is 18.7. The Morgan fingerprint density at radius 1 is 1.01 bits per heavy atom. The molecule has 2 aromatic heterocycles. The Morgan fingerprint density at radius 2 is 1.76 bits per heavy atom. The fraction of sp³-hybridized carbons (Fsp3) is 0.365. The van der Waals surface area contributed by atoms with Crippen LogP contribution in [-0.4, -0.2) is 139 Å². The number of para-hydroxylation sites is 1. The Hall–Kier alpha value is -6.72. The number of nitrogens with zero attached hydrogens (tertiary/aromatic N) is 9. The number of hydrogen-bond acceptors (Lipinski definition) is 13. The number of halogens is 1. The van der Waals surface area contributed by atoms with E-state index >= 15 is 4.39 Å². The summed E-state index contributed by atoms with van der Waals surface area (Å²) in [5.74, 6) is -0.348. The third-order valence-electron chi connectivity index (χ3n) is 13.1. The van der Waals surface area contributed by atoms with E-state index in [2.05, 4.69) is 42.9 Å². The second-order valence-electron chi connectivity index (χ2n) is 18.0. The summed E-state index contributed by atoms with van der Waals surface area (Å²) < 4.78 is 23.1. The summed E-state index contributed by atoms with van der Waals surface area (Å²) >= 11 is 0. The van der Waals surface area contributed by atoms with Crippen LogP contribution in [0, 0.1) is 25.4 Å². The first-order valence-corrected chi connectivity index (χ1v) is 23.3. The van der Waals surface area contributed by atoms with Gasteiger partial charge in [0.1, 0.15) is 47.7 Å². The number of piperazine rings is 1. The molecule has 3 N–H and O–H groups in total. The fourth-order valence-electron chi connectivity index (χ4n) is 9.47. The van der Waals surface area contributed by atoms with Crippen LogP contribution in [0.15, 0.2) is 84.8 Å². The van der Waals surface area contributed by atoms with Gasteiger partial charge in [-0.25, -0.2) is 23.9 Å². The number of benzene rings is 3. The summed E-state index contributed by atoms with van der Waals surface area (Å²) in [6.45, 7) is 23.0. The van der Waals surface area contributed by atoms with E-state index in [1.165, 1.54) is 12.4 Å². The van der Waals surface area contributed by atoms with Crippen LogP contribution < -0.4 is 15.8 Å². The predicted octanol–water partition coefficient (Wildman–Crippen LogP) is 5.09. The molecule has 3 aromatic carbocycles. The van der Waals surface area contributed by atoms with E-state index in [0.717, 1.165) is 44.7 Å². The van der Waals surface area contributed by atoms with Crippen molar-refractivity contribution in [1.82, 2.24) is 44.7 Å². The molecule has 0 spiro atoms. The number of Topliss-reactive ketones (excluding diaryl/α,β-unsaturated/α-hetero) is 2. The third kappa shape index (κ3) is 12.7. The molecular weight excluding hydrogens is 999 g/mol. The Labute approximate surface area is 442 Å². The third-order valence-corrected chi connectivity index (χ3v) is 13.1. The maximum Gasteiger partial charge on any atom is 0.252 e. The maximum absolute atomic E-state index is 15.7. The number of rotatable bonds is 12. The first kappa shape index (κ1) is 54.6. The van der Waals surface area contributed by atoms with Crippen molar-refractivity contribution in [1.29, 1.82) is 0 Å². The number of carbonyl (C=O) groups is 6. The number of nitrogen functional groups attached to an aromatic ring is 1. The van der Waals surface area contributed by atoms with Crippen LogP contribution >= 0.6 is 0 Å². The number of aromatic nitrogens is 4. The second kappa shape index (κ2) is 24.6. The number of fused-ring (bicyclic) bond motifs is 2. The summed E-state index contributed by atoms with van der Waals surface area (Å²) in [4.78, 5) is 88.5. The largest absolute Gasteiger partial charge is 0.457 e. The van der Waals surface area contributed by atoms with Gasteiger partial charge >= 0.3 is 0 Å². The van der Waals surface area contributed by atoms with Crippen LogP contribution in [0.1, 0.15) is 61.9 Å². The van der Waals surface area contributed by atoms with Gasteiger partial charge in [0.15, 0.2) is 17.3 Å². The predicted molar refractivity (Wildman–Crippen MR) is 261 cm³/mol. The number of likely N-dealkylation sites (tertiary alicyclic amines) is 1. The molecule has 3 aliphatic heterocycles. The summed E-state index contributed by atoms with van der Waals surface area (Å²) in [6.07, 6.45) is 5.40. The van der Waals surface area contributed by atoms with Crippen LogP contribution in [-0.2, 0) is 69.8 Å². The number of ether oxygens (including phenoxy) is 1. The van der Waals surface area contributed by atoms with E-state index in [-0.39, 0.29) is 98.1 Å². The number of carbonyl (C=O) groups excluding carboxylic acids is 6. The Balaban J connectivity index is 0.000000336. The minimum Gasteiger partial charge on any atom is -0.457 e. The molecule has 2 saturated heterocycles. The minimum absolute atomic E-state index is 0. The van der Waals surface area contributed by atoms with Crippen LogP contribution in [0.4, 0.5) is 10.2 Å². The van der Waals surface area contributed by atoms with Crippen molar-refractivity contribution in [2.45, 2.75) is 76.7 Å². The molecule has 1 radical (unpaired) electrons. The normalized spacial score (nSPS) is 18.2. The topological polar surface area (TPSA) is 211 Å². The number of anilines is 1. The minimum atomic E-state index is -0.547. The molecule has 1 saturated carbocycles. The molecule has 72 heavy (non-hydrogen) atoms. The zero-order chi connectivity index (χ0) is 50.8. The SMILES string of the molecule is C=O.O=C1CCC(N2Cc3[c-]cccc3C2=O)C(=O)C1.[C-]#[N+]/C(=C\C(C)(C)N1CCN(CCNC([CH2-])=O)CC1)C(=O)N1CCC[C@@H]1Cn1nc(-c2ccc(Oc3ccccc3)cc2F)c2c(N)ncnc21.[Y].